The Morgan fingerprint density at radius 1 is 0.966 bits per heavy atom. The molecular formula is C25H24N2O2. The summed E-state index contributed by atoms with van der Waals surface area (Å²) in [6.45, 7) is 2.75. The van der Waals surface area contributed by atoms with Crippen molar-refractivity contribution in [1.82, 2.24) is 0 Å². The molecule has 146 valence electrons. The Bertz CT molecular complexity index is 1040. The fraction of sp³-hybridized carbons (Fsp3) is 0.200. The van der Waals surface area contributed by atoms with Crippen molar-refractivity contribution in [3.8, 4) is 0 Å². The fourth-order valence-corrected chi connectivity index (χ4v) is 3.75. The minimum absolute atomic E-state index is 0.00715. The highest BCUT2D eigenvalue weighted by Gasteiger charge is 2.24. The summed E-state index contributed by atoms with van der Waals surface area (Å²) in [5.74, 6) is -0.0358. The second kappa shape index (κ2) is 8.31. The lowest BCUT2D eigenvalue weighted by molar-refractivity contribution is -0.116. The second-order valence-corrected chi connectivity index (χ2v) is 7.45. The summed E-state index contributed by atoms with van der Waals surface area (Å²) in [5.41, 5.74) is 5.89. The van der Waals surface area contributed by atoms with Gasteiger partial charge in [0.25, 0.3) is 5.91 Å². The first-order valence-corrected chi connectivity index (χ1v) is 9.95. The van der Waals surface area contributed by atoms with Crippen LogP contribution in [-0.4, -0.2) is 18.4 Å². The van der Waals surface area contributed by atoms with E-state index in [1.165, 1.54) is 11.1 Å². The first-order chi connectivity index (χ1) is 14.1. The second-order valence-electron chi connectivity index (χ2n) is 7.45. The number of nitrogens with zero attached hydrogens (tertiary/aromatic N) is 1. The van der Waals surface area contributed by atoms with Crippen LogP contribution in [0.5, 0.6) is 0 Å². The average molecular weight is 384 g/mol. The highest BCUT2D eigenvalue weighted by atomic mass is 16.2. The number of rotatable bonds is 5. The number of benzene rings is 3. The van der Waals surface area contributed by atoms with Crippen molar-refractivity contribution in [2.75, 3.05) is 16.8 Å². The summed E-state index contributed by atoms with van der Waals surface area (Å²) >= 11 is 0. The van der Waals surface area contributed by atoms with Crippen molar-refractivity contribution < 1.29 is 9.59 Å². The van der Waals surface area contributed by atoms with E-state index in [-0.39, 0.29) is 11.8 Å². The van der Waals surface area contributed by atoms with Crippen molar-refractivity contribution >= 4 is 23.2 Å². The van der Waals surface area contributed by atoms with E-state index >= 15 is 0 Å². The molecule has 0 atom stereocenters. The van der Waals surface area contributed by atoms with Crippen LogP contribution in [-0.2, 0) is 17.6 Å². The Morgan fingerprint density at radius 2 is 1.76 bits per heavy atom. The molecule has 2 amide bonds. The van der Waals surface area contributed by atoms with Crippen molar-refractivity contribution in [1.29, 1.82) is 0 Å². The zero-order valence-electron chi connectivity index (χ0n) is 16.5. The van der Waals surface area contributed by atoms with Crippen LogP contribution in [0, 0.1) is 6.92 Å². The molecule has 0 aromatic heterocycles. The number of fused-ring (bicyclic) bond motifs is 1. The fourth-order valence-electron chi connectivity index (χ4n) is 3.75. The van der Waals surface area contributed by atoms with E-state index in [4.69, 9.17) is 0 Å². The Balaban J connectivity index is 1.35. The predicted molar refractivity (Wildman–Crippen MR) is 116 cm³/mol. The summed E-state index contributed by atoms with van der Waals surface area (Å²) in [6, 6.07) is 23.4. The normalized spacial score (nSPS) is 12.5. The molecule has 1 N–H and O–H groups in total. The number of amides is 2. The highest BCUT2D eigenvalue weighted by Crippen LogP contribution is 2.29. The third kappa shape index (κ3) is 4.37. The molecule has 0 spiro atoms. The molecule has 0 saturated heterocycles. The summed E-state index contributed by atoms with van der Waals surface area (Å²) in [4.78, 5) is 26.9. The van der Waals surface area contributed by atoms with Crippen LogP contribution in [0.4, 0.5) is 11.4 Å². The molecule has 4 nitrogen and oxygen atoms in total. The molecule has 1 aliphatic heterocycles. The summed E-state index contributed by atoms with van der Waals surface area (Å²) in [6.07, 6.45) is 2.02. The smallest absolute Gasteiger partial charge is 0.258 e. The number of para-hydroxylation sites is 1. The van der Waals surface area contributed by atoms with E-state index in [9.17, 15) is 9.59 Å². The molecule has 29 heavy (non-hydrogen) atoms. The van der Waals surface area contributed by atoms with Crippen LogP contribution < -0.4 is 10.2 Å². The lowest BCUT2D eigenvalue weighted by Gasteiger charge is -2.17. The molecule has 0 radical (unpaired) electrons. The molecule has 0 bridgehead atoms. The molecule has 3 aromatic carbocycles. The Morgan fingerprint density at radius 3 is 2.55 bits per heavy atom. The minimum atomic E-state index is -0.0287. The summed E-state index contributed by atoms with van der Waals surface area (Å²) in [5, 5.41) is 2.91. The van der Waals surface area contributed by atoms with E-state index in [0.29, 0.717) is 30.6 Å². The number of hydrogen-bond acceptors (Lipinski definition) is 2. The average Bonchev–Trinajstić information content (AvgIpc) is 3.17. The van der Waals surface area contributed by atoms with E-state index < -0.39 is 0 Å². The van der Waals surface area contributed by atoms with Crippen molar-refractivity contribution in [2.45, 2.75) is 26.2 Å². The molecule has 1 heterocycles. The van der Waals surface area contributed by atoms with Gasteiger partial charge in [-0.05, 0) is 61.2 Å². The molecule has 0 aliphatic carbocycles. The van der Waals surface area contributed by atoms with Crippen LogP contribution in [0.1, 0.15) is 33.5 Å². The molecule has 0 fully saturated rings. The van der Waals surface area contributed by atoms with Crippen LogP contribution in [0.25, 0.3) is 0 Å². The third-order valence-corrected chi connectivity index (χ3v) is 5.27. The van der Waals surface area contributed by atoms with Gasteiger partial charge in [0, 0.05) is 29.9 Å². The monoisotopic (exact) mass is 384 g/mol. The van der Waals surface area contributed by atoms with Crippen LogP contribution in [0.2, 0.25) is 0 Å². The number of hydrogen-bond donors (Lipinski definition) is 1. The Labute approximate surface area is 171 Å². The Hall–Kier alpha value is -3.40. The zero-order chi connectivity index (χ0) is 20.2. The topological polar surface area (TPSA) is 49.4 Å². The van der Waals surface area contributed by atoms with Crippen molar-refractivity contribution in [2.24, 2.45) is 0 Å². The molecule has 0 unspecified atom stereocenters. The maximum absolute atomic E-state index is 12.9. The van der Waals surface area contributed by atoms with Crippen LogP contribution in [0.15, 0.2) is 72.8 Å². The maximum atomic E-state index is 12.9. The number of anilines is 2. The van der Waals surface area contributed by atoms with Crippen LogP contribution in [0.3, 0.4) is 0 Å². The van der Waals surface area contributed by atoms with Gasteiger partial charge in [-0.15, -0.1) is 0 Å². The Kier molecular flexibility index (Phi) is 5.43. The van der Waals surface area contributed by atoms with E-state index in [0.717, 1.165) is 17.7 Å². The lowest BCUT2D eigenvalue weighted by Crippen LogP contribution is -2.28. The number of nitrogens with one attached hydrogen (secondary N) is 1. The van der Waals surface area contributed by atoms with Crippen molar-refractivity contribution in [3.63, 3.8) is 0 Å². The van der Waals surface area contributed by atoms with Gasteiger partial charge in [-0.2, -0.15) is 0 Å². The number of aryl methyl sites for hydroxylation is 2. The summed E-state index contributed by atoms with van der Waals surface area (Å²) < 4.78 is 0. The maximum Gasteiger partial charge on any atom is 0.258 e. The molecule has 0 saturated carbocycles. The highest BCUT2D eigenvalue weighted by molar-refractivity contribution is 6.07. The van der Waals surface area contributed by atoms with E-state index in [2.05, 4.69) is 17.4 Å². The van der Waals surface area contributed by atoms with Crippen LogP contribution >= 0.6 is 0 Å². The van der Waals surface area contributed by atoms with Gasteiger partial charge in [0.2, 0.25) is 5.91 Å². The zero-order valence-corrected chi connectivity index (χ0v) is 16.5. The van der Waals surface area contributed by atoms with Gasteiger partial charge in [0.15, 0.2) is 0 Å². The summed E-state index contributed by atoms with van der Waals surface area (Å²) in [7, 11) is 0. The van der Waals surface area contributed by atoms with Gasteiger partial charge in [-0.25, -0.2) is 0 Å². The molecular weight excluding hydrogens is 360 g/mol. The first kappa shape index (κ1) is 18.9. The minimum Gasteiger partial charge on any atom is -0.326 e. The van der Waals surface area contributed by atoms with E-state index in [1.807, 2.05) is 48.2 Å². The standard InChI is InChI=1S/C25H24N2O2/c1-18-5-4-6-19(17-18)9-14-24(28)26-22-12-10-21(11-13-22)25(29)27-16-15-20-7-2-3-8-23(20)27/h2-8,10-13,17H,9,14-16H2,1H3,(H,26,28). The van der Waals surface area contributed by atoms with Gasteiger partial charge >= 0.3 is 0 Å². The quantitative estimate of drug-likeness (QED) is 0.689. The lowest BCUT2D eigenvalue weighted by atomic mass is 10.1. The molecule has 1 aliphatic rings. The predicted octanol–water partition coefficient (Wildman–Crippen LogP) is 4.77. The van der Waals surface area contributed by atoms with Gasteiger partial charge < -0.3 is 10.2 Å². The molecule has 4 rings (SSSR count). The number of carbonyl (C=O) groups excluding carboxylic acids is 2. The third-order valence-electron chi connectivity index (χ3n) is 5.27. The first-order valence-electron chi connectivity index (χ1n) is 9.95. The van der Waals surface area contributed by atoms with Gasteiger partial charge in [0.05, 0.1) is 0 Å². The molecule has 4 heteroatoms. The van der Waals surface area contributed by atoms with Gasteiger partial charge in [-0.3, -0.25) is 9.59 Å². The SMILES string of the molecule is Cc1cccc(CCC(=O)Nc2ccc(C(=O)N3CCc4ccccc43)cc2)c1. The van der Waals surface area contributed by atoms with Gasteiger partial charge in [0.1, 0.15) is 0 Å². The van der Waals surface area contributed by atoms with Gasteiger partial charge in [-0.1, -0.05) is 48.0 Å². The van der Waals surface area contributed by atoms with E-state index in [1.54, 1.807) is 24.3 Å². The van der Waals surface area contributed by atoms with Crippen molar-refractivity contribution in [3.05, 3.63) is 95.1 Å². The molecule has 3 aromatic rings. The largest absolute Gasteiger partial charge is 0.326 e. The number of carbonyl (C=O) groups is 2.